The van der Waals surface area contributed by atoms with Crippen LogP contribution in [-0.4, -0.2) is 48.8 Å². The molecular weight excluding hydrogens is 445 g/mol. The summed E-state index contributed by atoms with van der Waals surface area (Å²) in [6.07, 6.45) is 2.34. The summed E-state index contributed by atoms with van der Waals surface area (Å²) in [7, 11) is 0. The second-order valence-corrected chi connectivity index (χ2v) is 8.98. The van der Waals surface area contributed by atoms with Gasteiger partial charge in [-0.1, -0.05) is 36.4 Å². The predicted molar refractivity (Wildman–Crippen MR) is 133 cm³/mol. The molecule has 35 heavy (non-hydrogen) atoms. The van der Waals surface area contributed by atoms with Crippen LogP contribution in [0.15, 0.2) is 72.9 Å². The van der Waals surface area contributed by atoms with E-state index in [1.165, 1.54) is 6.07 Å². The van der Waals surface area contributed by atoms with Gasteiger partial charge in [0.05, 0.1) is 5.69 Å². The van der Waals surface area contributed by atoms with Crippen molar-refractivity contribution < 1.29 is 18.7 Å². The number of para-hydroxylation sites is 2. The largest absolute Gasteiger partial charge is 0.454 e. The number of benzene rings is 3. The third kappa shape index (κ3) is 4.07. The number of piperazine rings is 1. The van der Waals surface area contributed by atoms with Crippen LogP contribution in [0, 0.1) is 5.82 Å². The number of halogens is 1. The first-order valence-corrected chi connectivity index (χ1v) is 11.9. The molecule has 6 nitrogen and oxygen atoms in total. The summed E-state index contributed by atoms with van der Waals surface area (Å²) in [5.74, 6) is 1.15. The Morgan fingerprint density at radius 2 is 1.71 bits per heavy atom. The Hall–Kier alpha value is -4.00. The topological polar surface area (TPSA) is 57.8 Å². The quantitative estimate of drug-likeness (QED) is 0.450. The molecule has 1 atom stereocenters. The van der Waals surface area contributed by atoms with E-state index >= 15 is 0 Å². The summed E-state index contributed by atoms with van der Waals surface area (Å²) in [5.41, 5.74) is 3.73. The number of amides is 1. The van der Waals surface area contributed by atoms with Crippen LogP contribution in [0.25, 0.3) is 10.9 Å². The lowest BCUT2D eigenvalue weighted by atomic mass is 9.87. The highest BCUT2D eigenvalue weighted by atomic mass is 19.1. The van der Waals surface area contributed by atoms with Crippen molar-refractivity contribution in [1.82, 2.24) is 9.88 Å². The summed E-state index contributed by atoms with van der Waals surface area (Å²) >= 11 is 0. The highest BCUT2D eigenvalue weighted by Crippen LogP contribution is 2.39. The highest BCUT2D eigenvalue weighted by Gasteiger charge is 2.28. The van der Waals surface area contributed by atoms with Crippen molar-refractivity contribution in [3.05, 3.63) is 89.9 Å². The van der Waals surface area contributed by atoms with E-state index < -0.39 is 0 Å². The lowest BCUT2D eigenvalue weighted by Crippen LogP contribution is -2.49. The van der Waals surface area contributed by atoms with Gasteiger partial charge >= 0.3 is 0 Å². The summed E-state index contributed by atoms with van der Waals surface area (Å²) in [5, 5.41) is 1.10. The van der Waals surface area contributed by atoms with Crippen LogP contribution < -0.4 is 14.4 Å². The number of carbonyl (C=O) groups excluding carboxylic acids is 1. The Kier molecular flexibility index (Phi) is 5.52. The third-order valence-corrected chi connectivity index (χ3v) is 7.00. The van der Waals surface area contributed by atoms with Crippen LogP contribution in [0.2, 0.25) is 0 Å². The molecular formula is C28H26FN3O3. The maximum atomic E-state index is 14.2. The molecule has 1 N–H and O–H groups in total. The van der Waals surface area contributed by atoms with Crippen molar-refractivity contribution in [3.63, 3.8) is 0 Å². The molecule has 3 aromatic carbocycles. The van der Waals surface area contributed by atoms with E-state index in [2.05, 4.69) is 11.1 Å². The monoisotopic (exact) mass is 471 g/mol. The highest BCUT2D eigenvalue weighted by molar-refractivity contribution is 5.86. The number of nitrogens with zero attached hydrogens (tertiary/aromatic N) is 2. The number of ether oxygens (including phenoxy) is 2. The molecule has 1 saturated heterocycles. The second kappa shape index (κ2) is 8.98. The van der Waals surface area contributed by atoms with Crippen LogP contribution in [0.3, 0.4) is 0 Å². The molecule has 1 unspecified atom stereocenters. The summed E-state index contributed by atoms with van der Waals surface area (Å²) in [6, 6.07) is 20.9. The van der Waals surface area contributed by atoms with Gasteiger partial charge < -0.3 is 24.3 Å². The first kappa shape index (κ1) is 21.5. The van der Waals surface area contributed by atoms with E-state index in [1.54, 1.807) is 12.1 Å². The molecule has 3 heterocycles. The van der Waals surface area contributed by atoms with Gasteiger partial charge in [-0.05, 0) is 41.5 Å². The van der Waals surface area contributed by atoms with Gasteiger partial charge in [-0.3, -0.25) is 4.79 Å². The minimum Gasteiger partial charge on any atom is -0.454 e. The predicted octanol–water partition coefficient (Wildman–Crippen LogP) is 4.91. The standard InChI is InChI=1S/C28H26FN3O3/c29-23-6-2-4-8-25(23)31-11-13-32(14-12-31)28(33)16-21(19-9-10-26-27(15-19)35-18-34-26)22-17-30-24-7-3-1-5-20(22)24/h1-10,15,17,21,30H,11-14,16,18H2. The molecule has 2 aliphatic rings. The fourth-order valence-electron chi connectivity index (χ4n) is 5.13. The minimum atomic E-state index is -0.227. The number of nitrogens with one attached hydrogen (secondary N) is 1. The van der Waals surface area contributed by atoms with E-state index in [9.17, 15) is 9.18 Å². The lowest BCUT2D eigenvalue weighted by Gasteiger charge is -2.36. The number of anilines is 1. The third-order valence-electron chi connectivity index (χ3n) is 7.00. The van der Waals surface area contributed by atoms with Crippen LogP contribution in [0.4, 0.5) is 10.1 Å². The maximum absolute atomic E-state index is 14.2. The average Bonchev–Trinajstić information content (AvgIpc) is 3.54. The Bertz CT molecular complexity index is 1380. The molecule has 1 fully saturated rings. The van der Waals surface area contributed by atoms with Crippen LogP contribution >= 0.6 is 0 Å². The second-order valence-electron chi connectivity index (χ2n) is 8.98. The number of hydrogen-bond acceptors (Lipinski definition) is 4. The van der Waals surface area contributed by atoms with Gasteiger partial charge in [0.25, 0.3) is 0 Å². The summed E-state index contributed by atoms with van der Waals surface area (Å²) in [4.78, 5) is 20.8. The SMILES string of the molecule is O=C(CC(c1ccc2c(c1)OCO2)c1c[nH]c2ccccc12)N1CCN(c2ccccc2F)CC1. The number of rotatable bonds is 5. The van der Waals surface area contributed by atoms with Crippen molar-refractivity contribution in [3.8, 4) is 11.5 Å². The van der Waals surface area contributed by atoms with E-state index in [4.69, 9.17) is 9.47 Å². The molecule has 7 heteroatoms. The molecule has 0 aliphatic carbocycles. The zero-order valence-electron chi connectivity index (χ0n) is 19.2. The average molecular weight is 472 g/mol. The fourth-order valence-corrected chi connectivity index (χ4v) is 5.13. The number of aromatic nitrogens is 1. The lowest BCUT2D eigenvalue weighted by molar-refractivity contribution is -0.131. The van der Waals surface area contributed by atoms with Gasteiger partial charge in [0.2, 0.25) is 12.7 Å². The first-order chi connectivity index (χ1) is 17.2. The molecule has 178 valence electrons. The number of carbonyl (C=O) groups is 1. The van der Waals surface area contributed by atoms with E-state index in [0.717, 1.165) is 27.8 Å². The number of H-pyrrole nitrogens is 1. The molecule has 1 aromatic heterocycles. The zero-order chi connectivity index (χ0) is 23.8. The van der Waals surface area contributed by atoms with Gasteiger partial charge in [-0.25, -0.2) is 4.39 Å². The molecule has 0 spiro atoms. The molecule has 1 amide bonds. The van der Waals surface area contributed by atoms with E-state index in [-0.39, 0.29) is 24.4 Å². The first-order valence-electron chi connectivity index (χ1n) is 11.9. The molecule has 4 aromatic rings. The van der Waals surface area contributed by atoms with Crippen molar-refractivity contribution >= 4 is 22.5 Å². The van der Waals surface area contributed by atoms with E-state index in [1.807, 2.05) is 58.5 Å². The van der Waals surface area contributed by atoms with Crippen LogP contribution in [0.1, 0.15) is 23.5 Å². The van der Waals surface area contributed by atoms with Gasteiger partial charge in [-0.2, -0.15) is 0 Å². The smallest absolute Gasteiger partial charge is 0.231 e. The molecule has 6 rings (SSSR count). The molecule has 0 radical (unpaired) electrons. The fraction of sp³-hybridized carbons (Fsp3) is 0.250. The normalized spacial score (nSPS) is 16.0. The number of fused-ring (bicyclic) bond motifs is 2. The zero-order valence-corrected chi connectivity index (χ0v) is 19.2. The van der Waals surface area contributed by atoms with Crippen molar-refractivity contribution in [2.75, 3.05) is 37.9 Å². The summed E-state index contributed by atoms with van der Waals surface area (Å²) < 4.78 is 25.3. The van der Waals surface area contributed by atoms with E-state index in [0.29, 0.717) is 44.0 Å². The van der Waals surface area contributed by atoms with Crippen molar-refractivity contribution in [2.45, 2.75) is 12.3 Å². The molecule has 0 bridgehead atoms. The Labute approximate surface area is 202 Å². The van der Waals surface area contributed by atoms with Crippen LogP contribution in [-0.2, 0) is 4.79 Å². The Morgan fingerprint density at radius 3 is 2.57 bits per heavy atom. The van der Waals surface area contributed by atoms with Crippen molar-refractivity contribution in [1.29, 1.82) is 0 Å². The molecule has 0 saturated carbocycles. The van der Waals surface area contributed by atoms with Gasteiger partial charge in [0, 0.05) is 55.6 Å². The van der Waals surface area contributed by atoms with Crippen LogP contribution in [0.5, 0.6) is 11.5 Å². The Morgan fingerprint density at radius 1 is 0.943 bits per heavy atom. The Balaban J connectivity index is 1.25. The minimum absolute atomic E-state index is 0.0890. The van der Waals surface area contributed by atoms with Gasteiger partial charge in [-0.15, -0.1) is 0 Å². The number of hydrogen-bond donors (Lipinski definition) is 1. The van der Waals surface area contributed by atoms with Crippen molar-refractivity contribution in [2.24, 2.45) is 0 Å². The summed E-state index contributed by atoms with van der Waals surface area (Å²) in [6.45, 7) is 2.55. The molecule has 2 aliphatic heterocycles. The van der Waals surface area contributed by atoms with Gasteiger partial charge in [0.15, 0.2) is 11.5 Å². The van der Waals surface area contributed by atoms with Gasteiger partial charge in [0.1, 0.15) is 5.82 Å². The maximum Gasteiger partial charge on any atom is 0.231 e. The number of aromatic amines is 1.